The summed E-state index contributed by atoms with van der Waals surface area (Å²) in [5, 5.41) is 8.85. The quantitative estimate of drug-likeness (QED) is 0.766. The Kier molecular flexibility index (Phi) is 3.19. The van der Waals surface area contributed by atoms with E-state index < -0.39 is 11.2 Å². The molecule has 0 amide bonds. The summed E-state index contributed by atoms with van der Waals surface area (Å²) in [5.74, 6) is -1.05. The second-order valence-electron chi connectivity index (χ2n) is 4.29. The lowest BCUT2D eigenvalue weighted by atomic mass is 10.1. The van der Waals surface area contributed by atoms with Gasteiger partial charge in [0.25, 0.3) is 0 Å². The number of nitriles is 1. The standard InChI is InChI=1S/C13H12FNO3/c1-17-12(16)13(5-6-13)8-18-11-9(7-15)3-2-4-10(11)14/h2-4H,5-6,8H2,1H3. The summed E-state index contributed by atoms with van der Waals surface area (Å²) in [6.45, 7) is 0.0370. The number of hydrogen-bond donors (Lipinski definition) is 0. The van der Waals surface area contributed by atoms with Gasteiger partial charge in [-0.1, -0.05) is 6.07 Å². The second kappa shape index (κ2) is 4.65. The van der Waals surface area contributed by atoms with Crippen molar-refractivity contribution in [1.82, 2.24) is 0 Å². The highest BCUT2D eigenvalue weighted by Crippen LogP contribution is 2.47. The van der Waals surface area contributed by atoms with E-state index in [1.165, 1.54) is 25.3 Å². The Bertz CT molecular complexity index is 517. The predicted molar refractivity (Wildman–Crippen MR) is 60.3 cm³/mol. The highest BCUT2D eigenvalue weighted by atomic mass is 19.1. The van der Waals surface area contributed by atoms with Crippen LogP contribution >= 0.6 is 0 Å². The zero-order valence-corrected chi connectivity index (χ0v) is 9.90. The number of methoxy groups -OCH3 is 1. The van der Waals surface area contributed by atoms with E-state index >= 15 is 0 Å². The Morgan fingerprint density at radius 2 is 2.28 bits per heavy atom. The number of nitrogens with zero attached hydrogens (tertiary/aromatic N) is 1. The van der Waals surface area contributed by atoms with Gasteiger partial charge in [-0.2, -0.15) is 5.26 Å². The zero-order chi connectivity index (χ0) is 13.2. The van der Waals surface area contributed by atoms with Crippen molar-refractivity contribution in [3.63, 3.8) is 0 Å². The topological polar surface area (TPSA) is 59.3 Å². The zero-order valence-electron chi connectivity index (χ0n) is 9.90. The van der Waals surface area contributed by atoms with Crippen molar-refractivity contribution in [2.75, 3.05) is 13.7 Å². The summed E-state index contributed by atoms with van der Waals surface area (Å²) in [7, 11) is 1.31. The third kappa shape index (κ3) is 2.14. The number of benzene rings is 1. The summed E-state index contributed by atoms with van der Waals surface area (Å²) in [6, 6.07) is 5.98. The molecule has 0 N–H and O–H groups in total. The Morgan fingerprint density at radius 3 is 2.83 bits per heavy atom. The average molecular weight is 249 g/mol. The second-order valence-corrected chi connectivity index (χ2v) is 4.29. The molecule has 1 aliphatic rings. The van der Waals surface area contributed by atoms with E-state index in [2.05, 4.69) is 4.74 Å². The SMILES string of the molecule is COC(=O)C1(COc2c(F)cccc2C#N)CC1. The van der Waals surface area contributed by atoms with E-state index in [4.69, 9.17) is 10.00 Å². The predicted octanol–water partition coefficient (Wildman–Crippen LogP) is 2.03. The number of rotatable bonds is 4. The van der Waals surface area contributed by atoms with Crippen LogP contribution in [-0.2, 0) is 9.53 Å². The van der Waals surface area contributed by atoms with Crippen molar-refractivity contribution in [2.45, 2.75) is 12.8 Å². The van der Waals surface area contributed by atoms with E-state index in [1.807, 2.05) is 6.07 Å². The van der Waals surface area contributed by atoms with Crippen LogP contribution in [0.25, 0.3) is 0 Å². The van der Waals surface area contributed by atoms with E-state index in [9.17, 15) is 9.18 Å². The van der Waals surface area contributed by atoms with Gasteiger partial charge in [0.05, 0.1) is 12.7 Å². The monoisotopic (exact) mass is 249 g/mol. The van der Waals surface area contributed by atoms with Crippen molar-refractivity contribution in [3.05, 3.63) is 29.6 Å². The minimum absolute atomic E-state index is 0.0370. The highest BCUT2D eigenvalue weighted by Gasteiger charge is 2.52. The molecule has 0 spiro atoms. The van der Waals surface area contributed by atoms with Gasteiger partial charge in [0, 0.05) is 0 Å². The molecule has 1 aromatic carbocycles. The molecule has 1 aliphatic carbocycles. The summed E-state index contributed by atoms with van der Waals surface area (Å²) < 4.78 is 23.5. The Labute approximate surface area is 104 Å². The van der Waals surface area contributed by atoms with E-state index in [0.717, 1.165) is 0 Å². The number of hydrogen-bond acceptors (Lipinski definition) is 4. The average Bonchev–Trinajstić information content (AvgIpc) is 3.17. The molecular formula is C13H12FNO3. The molecule has 2 rings (SSSR count). The number of halogens is 1. The smallest absolute Gasteiger partial charge is 0.315 e. The fraction of sp³-hybridized carbons (Fsp3) is 0.385. The molecule has 5 heteroatoms. The van der Waals surface area contributed by atoms with Crippen LogP contribution in [-0.4, -0.2) is 19.7 Å². The first-order chi connectivity index (χ1) is 8.63. The van der Waals surface area contributed by atoms with Gasteiger partial charge < -0.3 is 9.47 Å². The first-order valence-corrected chi connectivity index (χ1v) is 5.53. The summed E-state index contributed by atoms with van der Waals surface area (Å²) in [4.78, 5) is 11.5. The highest BCUT2D eigenvalue weighted by molar-refractivity contribution is 5.79. The van der Waals surface area contributed by atoms with Gasteiger partial charge in [-0.15, -0.1) is 0 Å². The maximum Gasteiger partial charge on any atom is 0.315 e. The van der Waals surface area contributed by atoms with Crippen molar-refractivity contribution >= 4 is 5.97 Å². The van der Waals surface area contributed by atoms with Gasteiger partial charge in [-0.3, -0.25) is 4.79 Å². The summed E-state index contributed by atoms with van der Waals surface area (Å²) in [5.41, 5.74) is -0.542. The van der Waals surface area contributed by atoms with E-state index in [1.54, 1.807) is 0 Å². The van der Waals surface area contributed by atoms with Crippen LogP contribution in [0.3, 0.4) is 0 Å². The molecule has 0 radical (unpaired) electrons. The number of carbonyl (C=O) groups is 1. The van der Waals surface area contributed by atoms with Gasteiger partial charge in [-0.05, 0) is 25.0 Å². The molecule has 1 saturated carbocycles. The van der Waals surface area contributed by atoms with Gasteiger partial charge in [0.1, 0.15) is 18.1 Å². The van der Waals surface area contributed by atoms with Crippen LogP contribution in [0.15, 0.2) is 18.2 Å². The number of carbonyl (C=O) groups excluding carboxylic acids is 1. The first-order valence-electron chi connectivity index (χ1n) is 5.53. The lowest BCUT2D eigenvalue weighted by molar-refractivity contribution is -0.148. The van der Waals surface area contributed by atoms with Crippen molar-refractivity contribution in [1.29, 1.82) is 5.26 Å². The fourth-order valence-corrected chi connectivity index (χ4v) is 1.73. The van der Waals surface area contributed by atoms with Gasteiger partial charge >= 0.3 is 5.97 Å². The Hall–Kier alpha value is -2.09. The van der Waals surface area contributed by atoms with Crippen LogP contribution in [0, 0.1) is 22.6 Å². The molecule has 0 atom stereocenters. The molecule has 0 unspecified atom stereocenters. The third-order valence-electron chi connectivity index (χ3n) is 3.05. The number of esters is 1. The first kappa shape index (κ1) is 12.4. The molecule has 0 heterocycles. The molecule has 0 aliphatic heterocycles. The van der Waals surface area contributed by atoms with Crippen LogP contribution in [0.5, 0.6) is 5.75 Å². The van der Waals surface area contributed by atoms with E-state index in [0.29, 0.717) is 12.8 Å². The van der Waals surface area contributed by atoms with Crippen LogP contribution in [0.4, 0.5) is 4.39 Å². The third-order valence-corrected chi connectivity index (χ3v) is 3.05. The van der Waals surface area contributed by atoms with Gasteiger partial charge in [0.2, 0.25) is 0 Å². The molecule has 1 aromatic rings. The molecule has 0 aromatic heterocycles. The number of para-hydroxylation sites is 1. The number of ether oxygens (including phenoxy) is 2. The van der Waals surface area contributed by atoms with E-state index in [-0.39, 0.29) is 23.9 Å². The lowest BCUT2D eigenvalue weighted by Gasteiger charge is -2.14. The fourth-order valence-electron chi connectivity index (χ4n) is 1.73. The maximum absolute atomic E-state index is 13.5. The van der Waals surface area contributed by atoms with Crippen molar-refractivity contribution in [3.8, 4) is 11.8 Å². The molecule has 0 bridgehead atoms. The molecular weight excluding hydrogens is 237 g/mol. The summed E-state index contributed by atoms with van der Waals surface area (Å²) >= 11 is 0. The van der Waals surface area contributed by atoms with Crippen molar-refractivity contribution in [2.24, 2.45) is 5.41 Å². The molecule has 0 saturated heterocycles. The summed E-state index contributed by atoms with van der Waals surface area (Å²) in [6.07, 6.45) is 1.33. The lowest BCUT2D eigenvalue weighted by Crippen LogP contribution is -2.25. The minimum atomic E-state index is -0.663. The van der Waals surface area contributed by atoms with Crippen molar-refractivity contribution < 1.29 is 18.7 Å². The molecule has 94 valence electrons. The normalized spacial score (nSPS) is 15.6. The van der Waals surface area contributed by atoms with Crippen LogP contribution in [0.2, 0.25) is 0 Å². The van der Waals surface area contributed by atoms with Crippen LogP contribution < -0.4 is 4.74 Å². The molecule has 18 heavy (non-hydrogen) atoms. The minimum Gasteiger partial charge on any atom is -0.488 e. The maximum atomic E-state index is 13.5. The molecule has 1 fully saturated rings. The largest absolute Gasteiger partial charge is 0.488 e. The van der Waals surface area contributed by atoms with Gasteiger partial charge in [-0.25, -0.2) is 4.39 Å². The van der Waals surface area contributed by atoms with Gasteiger partial charge in [0.15, 0.2) is 11.6 Å². The Balaban J connectivity index is 2.12. The molecule has 4 nitrogen and oxygen atoms in total. The van der Waals surface area contributed by atoms with Crippen LogP contribution in [0.1, 0.15) is 18.4 Å². The Morgan fingerprint density at radius 1 is 1.56 bits per heavy atom.